The number of hydrogen-bond donors (Lipinski definition) is 2. The number of rotatable bonds is 2. The van der Waals surface area contributed by atoms with E-state index >= 15 is 0 Å². The van der Waals surface area contributed by atoms with Crippen molar-refractivity contribution in [2.24, 2.45) is 0 Å². The van der Waals surface area contributed by atoms with Crippen LogP contribution in [0.25, 0.3) is 22.3 Å². The fourth-order valence-corrected chi connectivity index (χ4v) is 2.80. The fraction of sp³-hybridized carbons (Fsp3) is 0.167. The van der Waals surface area contributed by atoms with Crippen LogP contribution in [0.1, 0.15) is 24.3 Å². The molecule has 4 nitrogen and oxygen atoms in total. The number of benzene rings is 2. The molecule has 4 heteroatoms. The molecule has 1 heterocycles. The molecule has 0 atom stereocenters. The lowest BCUT2D eigenvalue weighted by Gasteiger charge is -2.09. The predicted octanol–water partition coefficient (Wildman–Crippen LogP) is 3.75. The SMILES string of the molecule is O=c1cc(-c2cc(O)c(C3CC3)c(O)c2)oc2ccccc12. The third kappa shape index (κ3) is 2.04. The zero-order valence-corrected chi connectivity index (χ0v) is 11.7. The van der Waals surface area contributed by atoms with Gasteiger partial charge in [-0.05, 0) is 43.0 Å². The third-order valence-electron chi connectivity index (χ3n) is 4.04. The van der Waals surface area contributed by atoms with E-state index in [-0.39, 0.29) is 22.8 Å². The van der Waals surface area contributed by atoms with Crippen LogP contribution in [-0.4, -0.2) is 10.2 Å². The standard InChI is InChI=1S/C18H14O4/c19-13-9-17(22-16-4-2-1-3-12(13)16)11-7-14(20)18(10-5-6-10)15(21)8-11/h1-4,7-10,20-21H,5-6H2. The van der Waals surface area contributed by atoms with E-state index in [2.05, 4.69) is 0 Å². The van der Waals surface area contributed by atoms with Gasteiger partial charge in [0.1, 0.15) is 22.8 Å². The minimum Gasteiger partial charge on any atom is -0.507 e. The monoisotopic (exact) mass is 294 g/mol. The number of phenols is 2. The zero-order valence-electron chi connectivity index (χ0n) is 11.7. The van der Waals surface area contributed by atoms with E-state index in [0.29, 0.717) is 27.9 Å². The number of hydrogen-bond acceptors (Lipinski definition) is 4. The first kappa shape index (κ1) is 13.0. The van der Waals surface area contributed by atoms with Gasteiger partial charge in [0, 0.05) is 17.2 Å². The van der Waals surface area contributed by atoms with Gasteiger partial charge < -0.3 is 14.6 Å². The second-order valence-corrected chi connectivity index (χ2v) is 5.67. The van der Waals surface area contributed by atoms with Crippen LogP contribution in [0.4, 0.5) is 0 Å². The van der Waals surface area contributed by atoms with E-state index in [1.54, 1.807) is 36.4 Å². The molecule has 1 aromatic heterocycles. The predicted molar refractivity (Wildman–Crippen MR) is 83.2 cm³/mol. The van der Waals surface area contributed by atoms with Crippen LogP contribution in [0.2, 0.25) is 0 Å². The molecule has 0 saturated heterocycles. The summed E-state index contributed by atoms with van der Waals surface area (Å²) in [5.74, 6) is 0.663. The van der Waals surface area contributed by atoms with E-state index in [9.17, 15) is 15.0 Å². The topological polar surface area (TPSA) is 70.7 Å². The van der Waals surface area contributed by atoms with Gasteiger partial charge in [-0.1, -0.05) is 12.1 Å². The summed E-state index contributed by atoms with van der Waals surface area (Å²) in [5, 5.41) is 20.8. The third-order valence-corrected chi connectivity index (χ3v) is 4.04. The highest BCUT2D eigenvalue weighted by Crippen LogP contribution is 2.49. The Morgan fingerprint density at radius 1 is 1.00 bits per heavy atom. The molecule has 3 aromatic rings. The van der Waals surface area contributed by atoms with E-state index in [4.69, 9.17) is 4.42 Å². The van der Waals surface area contributed by atoms with E-state index < -0.39 is 0 Å². The molecule has 0 bridgehead atoms. The van der Waals surface area contributed by atoms with Gasteiger partial charge in [-0.2, -0.15) is 0 Å². The minimum atomic E-state index is -0.151. The molecule has 110 valence electrons. The Kier molecular flexibility index (Phi) is 2.73. The van der Waals surface area contributed by atoms with Crippen LogP contribution < -0.4 is 5.43 Å². The van der Waals surface area contributed by atoms with Crippen LogP contribution >= 0.6 is 0 Å². The number of phenolic OH excluding ortho intramolecular Hbond substituents is 2. The molecule has 1 saturated carbocycles. The first-order valence-corrected chi connectivity index (χ1v) is 7.22. The molecule has 22 heavy (non-hydrogen) atoms. The van der Waals surface area contributed by atoms with Crippen molar-refractivity contribution in [2.75, 3.05) is 0 Å². The maximum Gasteiger partial charge on any atom is 0.193 e. The van der Waals surface area contributed by atoms with Crippen molar-refractivity contribution >= 4 is 11.0 Å². The fourth-order valence-electron chi connectivity index (χ4n) is 2.80. The van der Waals surface area contributed by atoms with Crippen molar-refractivity contribution in [3.8, 4) is 22.8 Å². The molecule has 0 spiro atoms. The normalized spacial score (nSPS) is 14.4. The van der Waals surface area contributed by atoms with E-state index in [0.717, 1.165) is 12.8 Å². The van der Waals surface area contributed by atoms with Gasteiger partial charge in [-0.3, -0.25) is 4.79 Å². The summed E-state index contributed by atoms with van der Waals surface area (Å²) >= 11 is 0. The zero-order chi connectivity index (χ0) is 15.3. The summed E-state index contributed by atoms with van der Waals surface area (Å²) in [6, 6.07) is 11.5. The molecule has 0 unspecified atom stereocenters. The maximum atomic E-state index is 12.1. The molecule has 1 fully saturated rings. The van der Waals surface area contributed by atoms with Crippen molar-refractivity contribution in [1.82, 2.24) is 0 Å². The molecule has 2 N–H and O–H groups in total. The Labute approximate surface area is 126 Å². The van der Waals surface area contributed by atoms with Gasteiger partial charge in [-0.15, -0.1) is 0 Å². The molecule has 0 radical (unpaired) electrons. The van der Waals surface area contributed by atoms with Gasteiger partial charge in [-0.25, -0.2) is 0 Å². The summed E-state index contributed by atoms with van der Waals surface area (Å²) in [7, 11) is 0. The van der Waals surface area contributed by atoms with Gasteiger partial charge >= 0.3 is 0 Å². The van der Waals surface area contributed by atoms with Crippen LogP contribution in [-0.2, 0) is 0 Å². The quantitative estimate of drug-likeness (QED) is 0.755. The average Bonchev–Trinajstić information content (AvgIpc) is 3.31. The summed E-state index contributed by atoms with van der Waals surface area (Å²) in [5.41, 5.74) is 1.41. The van der Waals surface area contributed by atoms with Gasteiger partial charge in [0.25, 0.3) is 0 Å². The lowest BCUT2D eigenvalue weighted by molar-refractivity contribution is 0.438. The number of aromatic hydroxyl groups is 2. The molecular formula is C18H14O4. The first-order valence-electron chi connectivity index (χ1n) is 7.22. The van der Waals surface area contributed by atoms with Gasteiger partial charge in [0.05, 0.1) is 5.39 Å². The Bertz CT molecular complexity index is 912. The largest absolute Gasteiger partial charge is 0.507 e. The molecule has 0 aliphatic heterocycles. The van der Waals surface area contributed by atoms with E-state index in [1.807, 2.05) is 0 Å². The Morgan fingerprint density at radius 3 is 2.36 bits per heavy atom. The van der Waals surface area contributed by atoms with Crippen LogP contribution in [0.15, 0.2) is 51.7 Å². The van der Waals surface area contributed by atoms with Crippen molar-refractivity contribution in [3.05, 3.63) is 58.3 Å². The van der Waals surface area contributed by atoms with Crippen LogP contribution in [0.3, 0.4) is 0 Å². The van der Waals surface area contributed by atoms with Gasteiger partial charge in [0.15, 0.2) is 5.43 Å². The summed E-state index contributed by atoms with van der Waals surface area (Å²) < 4.78 is 5.73. The summed E-state index contributed by atoms with van der Waals surface area (Å²) in [6.07, 6.45) is 1.96. The minimum absolute atomic E-state index is 0.0494. The highest BCUT2D eigenvalue weighted by molar-refractivity contribution is 5.79. The highest BCUT2D eigenvalue weighted by atomic mass is 16.3. The number of fused-ring (bicyclic) bond motifs is 1. The van der Waals surface area contributed by atoms with Crippen LogP contribution in [0.5, 0.6) is 11.5 Å². The summed E-state index contributed by atoms with van der Waals surface area (Å²) in [4.78, 5) is 12.1. The molecule has 0 amide bonds. The first-order chi connectivity index (χ1) is 10.6. The second kappa shape index (κ2) is 4.63. The molecule has 4 rings (SSSR count). The smallest absolute Gasteiger partial charge is 0.193 e. The number of para-hydroxylation sites is 1. The highest BCUT2D eigenvalue weighted by Gasteiger charge is 2.29. The maximum absolute atomic E-state index is 12.1. The molecule has 1 aliphatic rings. The molecular weight excluding hydrogens is 280 g/mol. The molecule has 2 aromatic carbocycles. The summed E-state index contributed by atoms with van der Waals surface area (Å²) in [6.45, 7) is 0. The van der Waals surface area contributed by atoms with Crippen molar-refractivity contribution in [1.29, 1.82) is 0 Å². The lowest BCUT2D eigenvalue weighted by Crippen LogP contribution is -2.00. The lowest BCUT2D eigenvalue weighted by atomic mass is 10.0. The van der Waals surface area contributed by atoms with Gasteiger partial charge in [0.2, 0.25) is 0 Å². The average molecular weight is 294 g/mol. The van der Waals surface area contributed by atoms with Crippen molar-refractivity contribution < 1.29 is 14.6 Å². The Morgan fingerprint density at radius 2 is 1.68 bits per heavy atom. The van der Waals surface area contributed by atoms with Crippen molar-refractivity contribution in [3.63, 3.8) is 0 Å². The van der Waals surface area contributed by atoms with Crippen LogP contribution in [0, 0.1) is 0 Å². The Hall–Kier alpha value is -2.75. The molecule has 1 aliphatic carbocycles. The van der Waals surface area contributed by atoms with Crippen molar-refractivity contribution in [2.45, 2.75) is 18.8 Å². The van der Waals surface area contributed by atoms with E-state index in [1.165, 1.54) is 6.07 Å². The second-order valence-electron chi connectivity index (χ2n) is 5.67. The Balaban J connectivity index is 1.90.